The number of ether oxygens (including phenoxy) is 1. The molecule has 5 atom stereocenters. The average molecular weight is 295 g/mol. The second-order valence-electron chi connectivity index (χ2n) is 7.78. The summed E-state index contributed by atoms with van der Waals surface area (Å²) in [5, 5.41) is 0. The predicted octanol–water partition coefficient (Wildman–Crippen LogP) is 3.59. The van der Waals surface area contributed by atoms with E-state index in [0.717, 1.165) is 37.3 Å². The zero-order chi connectivity index (χ0) is 14.7. The summed E-state index contributed by atoms with van der Waals surface area (Å²) in [5.41, 5.74) is 2.87. The SMILES string of the molecule is CN1CC=C(C2(c3ccccc3)OC3C4CCC(C4)C32)CC1. The molecule has 0 radical (unpaired) electrons. The molecule has 1 saturated heterocycles. The molecule has 2 heteroatoms. The lowest BCUT2D eigenvalue weighted by molar-refractivity contribution is -0.267. The molecular weight excluding hydrogens is 270 g/mol. The van der Waals surface area contributed by atoms with E-state index in [1.807, 2.05) is 0 Å². The topological polar surface area (TPSA) is 12.5 Å². The zero-order valence-corrected chi connectivity index (χ0v) is 13.4. The Morgan fingerprint density at radius 1 is 1.14 bits per heavy atom. The standard InChI is InChI=1S/C20H25NO/c1-21-11-9-17(10-12-21)20(16-5-3-2-4-6-16)18-14-7-8-15(13-14)19(18)22-20/h2-6,9,14-15,18-19H,7-8,10-13H2,1H3. The minimum atomic E-state index is -0.0903. The molecule has 2 nitrogen and oxygen atoms in total. The maximum absolute atomic E-state index is 6.76. The summed E-state index contributed by atoms with van der Waals surface area (Å²) in [7, 11) is 2.21. The highest BCUT2D eigenvalue weighted by atomic mass is 16.5. The van der Waals surface area contributed by atoms with Gasteiger partial charge in [-0.3, -0.25) is 0 Å². The summed E-state index contributed by atoms with van der Waals surface area (Å²) < 4.78 is 6.76. The number of fused-ring (bicyclic) bond motifs is 5. The van der Waals surface area contributed by atoms with Crippen LogP contribution in [-0.2, 0) is 10.3 Å². The number of nitrogens with zero attached hydrogens (tertiary/aromatic N) is 1. The Morgan fingerprint density at radius 3 is 2.68 bits per heavy atom. The molecule has 0 aromatic heterocycles. The van der Waals surface area contributed by atoms with E-state index in [9.17, 15) is 0 Å². The van der Waals surface area contributed by atoms with Crippen LogP contribution < -0.4 is 0 Å². The lowest BCUT2D eigenvalue weighted by Gasteiger charge is -2.59. The van der Waals surface area contributed by atoms with Crippen LogP contribution >= 0.6 is 0 Å². The monoisotopic (exact) mass is 295 g/mol. The molecule has 4 aliphatic rings. The fourth-order valence-electron chi connectivity index (χ4n) is 5.72. The smallest absolute Gasteiger partial charge is 0.120 e. The van der Waals surface area contributed by atoms with E-state index in [2.05, 4.69) is 48.4 Å². The van der Waals surface area contributed by atoms with Gasteiger partial charge in [-0.05, 0) is 55.7 Å². The zero-order valence-electron chi connectivity index (χ0n) is 13.4. The third-order valence-electron chi connectivity index (χ3n) is 6.72. The van der Waals surface area contributed by atoms with Crippen LogP contribution in [0.25, 0.3) is 0 Å². The molecule has 1 aromatic carbocycles. The molecule has 2 aliphatic carbocycles. The number of likely N-dealkylation sites (N-methyl/N-ethyl adjacent to an activating group) is 1. The molecule has 116 valence electrons. The summed E-state index contributed by atoms with van der Waals surface area (Å²) >= 11 is 0. The summed E-state index contributed by atoms with van der Waals surface area (Å²) in [6.07, 6.45) is 8.40. The third-order valence-corrected chi connectivity index (χ3v) is 6.72. The molecule has 2 bridgehead atoms. The van der Waals surface area contributed by atoms with Crippen LogP contribution in [-0.4, -0.2) is 31.1 Å². The van der Waals surface area contributed by atoms with E-state index in [0.29, 0.717) is 6.10 Å². The Morgan fingerprint density at radius 2 is 1.95 bits per heavy atom. The second kappa shape index (κ2) is 4.69. The lowest BCUT2D eigenvalue weighted by Crippen LogP contribution is -2.61. The van der Waals surface area contributed by atoms with Gasteiger partial charge in [0.1, 0.15) is 5.60 Å². The number of hydrogen-bond donors (Lipinski definition) is 0. The average Bonchev–Trinajstić information content (AvgIpc) is 3.08. The molecule has 2 aliphatic heterocycles. The van der Waals surface area contributed by atoms with Crippen LogP contribution in [0.3, 0.4) is 0 Å². The van der Waals surface area contributed by atoms with Gasteiger partial charge in [-0.2, -0.15) is 0 Å². The molecule has 0 spiro atoms. The van der Waals surface area contributed by atoms with Gasteiger partial charge < -0.3 is 9.64 Å². The van der Waals surface area contributed by atoms with E-state index >= 15 is 0 Å². The first-order valence-electron chi connectivity index (χ1n) is 8.90. The number of hydrogen-bond acceptors (Lipinski definition) is 2. The Kier molecular flexibility index (Phi) is 2.84. The van der Waals surface area contributed by atoms with Crippen molar-refractivity contribution in [3.63, 3.8) is 0 Å². The molecule has 0 amide bonds. The van der Waals surface area contributed by atoms with Crippen molar-refractivity contribution in [2.45, 2.75) is 37.4 Å². The Balaban J connectivity index is 1.59. The van der Waals surface area contributed by atoms with Gasteiger partial charge in [-0.15, -0.1) is 0 Å². The van der Waals surface area contributed by atoms with E-state index in [4.69, 9.17) is 4.74 Å². The van der Waals surface area contributed by atoms with Gasteiger partial charge in [0.05, 0.1) is 6.10 Å². The molecular formula is C20H25NO. The largest absolute Gasteiger partial charge is 0.362 e. The van der Waals surface area contributed by atoms with Crippen LogP contribution in [0.4, 0.5) is 0 Å². The van der Waals surface area contributed by atoms with Crippen LogP contribution in [0.5, 0.6) is 0 Å². The highest BCUT2D eigenvalue weighted by Gasteiger charge is 2.67. The summed E-state index contributed by atoms with van der Waals surface area (Å²) in [6.45, 7) is 2.23. The van der Waals surface area contributed by atoms with Gasteiger partial charge in [0.15, 0.2) is 0 Å². The molecule has 3 fully saturated rings. The predicted molar refractivity (Wildman–Crippen MR) is 87.5 cm³/mol. The molecule has 1 aromatic rings. The molecule has 5 rings (SSSR count). The Bertz CT molecular complexity index is 607. The van der Waals surface area contributed by atoms with Gasteiger partial charge in [0.25, 0.3) is 0 Å². The van der Waals surface area contributed by atoms with Gasteiger partial charge >= 0.3 is 0 Å². The van der Waals surface area contributed by atoms with Crippen LogP contribution in [0.2, 0.25) is 0 Å². The van der Waals surface area contributed by atoms with Crippen molar-refractivity contribution >= 4 is 0 Å². The fraction of sp³-hybridized carbons (Fsp3) is 0.600. The first kappa shape index (κ1) is 13.3. The molecule has 0 N–H and O–H groups in total. The first-order chi connectivity index (χ1) is 10.8. The Labute approximate surface area is 133 Å². The van der Waals surface area contributed by atoms with E-state index in [-0.39, 0.29) is 5.60 Å². The van der Waals surface area contributed by atoms with Crippen LogP contribution in [0.15, 0.2) is 42.0 Å². The van der Waals surface area contributed by atoms with E-state index in [1.54, 1.807) is 5.57 Å². The van der Waals surface area contributed by atoms with Crippen LogP contribution in [0.1, 0.15) is 31.2 Å². The third kappa shape index (κ3) is 1.63. The first-order valence-corrected chi connectivity index (χ1v) is 8.90. The van der Waals surface area contributed by atoms with Crippen molar-refractivity contribution in [3.8, 4) is 0 Å². The van der Waals surface area contributed by atoms with Gasteiger partial charge in [-0.25, -0.2) is 0 Å². The van der Waals surface area contributed by atoms with Crippen molar-refractivity contribution in [2.24, 2.45) is 17.8 Å². The Hall–Kier alpha value is -1.12. The normalized spacial score (nSPS) is 43.6. The summed E-state index contributed by atoms with van der Waals surface area (Å²) in [5.74, 6) is 2.48. The highest BCUT2D eigenvalue weighted by Crippen LogP contribution is 2.67. The van der Waals surface area contributed by atoms with Gasteiger partial charge in [-0.1, -0.05) is 36.4 Å². The summed E-state index contributed by atoms with van der Waals surface area (Å²) in [4.78, 5) is 2.40. The molecule has 2 heterocycles. The van der Waals surface area contributed by atoms with Gasteiger partial charge in [0, 0.05) is 19.0 Å². The molecule has 2 saturated carbocycles. The summed E-state index contributed by atoms with van der Waals surface area (Å²) in [6, 6.07) is 11.1. The fourth-order valence-corrected chi connectivity index (χ4v) is 5.72. The lowest BCUT2D eigenvalue weighted by atomic mass is 9.62. The quantitative estimate of drug-likeness (QED) is 0.773. The maximum atomic E-state index is 6.76. The van der Waals surface area contributed by atoms with Gasteiger partial charge in [0.2, 0.25) is 0 Å². The van der Waals surface area contributed by atoms with Crippen molar-refractivity contribution in [3.05, 3.63) is 47.5 Å². The van der Waals surface area contributed by atoms with E-state index < -0.39 is 0 Å². The van der Waals surface area contributed by atoms with Crippen molar-refractivity contribution < 1.29 is 4.74 Å². The van der Waals surface area contributed by atoms with Crippen molar-refractivity contribution in [1.29, 1.82) is 0 Å². The highest BCUT2D eigenvalue weighted by molar-refractivity contribution is 5.41. The second-order valence-corrected chi connectivity index (χ2v) is 7.78. The number of rotatable bonds is 2. The van der Waals surface area contributed by atoms with Crippen LogP contribution in [0, 0.1) is 17.8 Å². The van der Waals surface area contributed by atoms with Crippen molar-refractivity contribution in [2.75, 3.05) is 20.1 Å². The number of benzene rings is 1. The van der Waals surface area contributed by atoms with E-state index in [1.165, 1.54) is 24.8 Å². The van der Waals surface area contributed by atoms with Crippen molar-refractivity contribution in [1.82, 2.24) is 4.90 Å². The maximum Gasteiger partial charge on any atom is 0.120 e. The minimum absolute atomic E-state index is 0.0903. The molecule has 5 unspecified atom stereocenters. The molecule has 22 heavy (non-hydrogen) atoms. The minimum Gasteiger partial charge on any atom is -0.362 e.